The zero-order valence-corrected chi connectivity index (χ0v) is 11.3. The van der Waals surface area contributed by atoms with Gasteiger partial charge in [-0.1, -0.05) is 24.3 Å². The molecule has 2 N–H and O–H groups in total. The average molecular weight is 256 g/mol. The van der Waals surface area contributed by atoms with Crippen LogP contribution in [0.3, 0.4) is 0 Å². The number of aryl methyl sites for hydroxylation is 1. The van der Waals surface area contributed by atoms with Crippen LogP contribution in [-0.2, 0) is 10.0 Å². The molecule has 0 amide bonds. The van der Waals surface area contributed by atoms with Crippen LogP contribution in [0.4, 0.5) is 0 Å². The molecule has 4 nitrogen and oxygen atoms in total. The van der Waals surface area contributed by atoms with Gasteiger partial charge in [-0.05, 0) is 32.0 Å². The first kappa shape index (κ1) is 14.2. The van der Waals surface area contributed by atoms with E-state index in [9.17, 15) is 8.42 Å². The molecule has 17 heavy (non-hydrogen) atoms. The standard InChI is InChI=1S/C12H20N2O2S/c1-10-6-4-5-7-12(10)11(2)14-8-9-17(15,16)13-3/h4-7,11,13-14H,8-9H2,1-3H3. The Morgan fingerprint density at radius 2 is 1.94 bits per heavy atom. The summed E-state index contributed by atoms with van der Waals surface area (Å²) in [6.45, 7) is 4.53. The molecule has 0 aliphatic rings. The van der Waals surface area contributed by atoms with Crippen LogP contribution >= 0.6 is 0 Å². The van der Waals surface area contributed by atoms with Gasteiger partial charge in [0.25, 0.3) is 0 Å². The second-order valence-corrected chi connectivity index (χ2v) is 6.10. The lowest BCUT2D eigenvalue weighted by Gasteiger charge is -2.16. The van der Waals surface area contributed by atoms with Crippen molar-refractivity contribution in [2.45, 2.75) is 19.9 Å². The molecule has 1 unspecified atom stereocenters. The lowest BCUT2D eigenvalue weighted by Crippen LogP contribution is -2.31. The second-order valence-electron chi connectivity index (χ2n) is 4.06. The number of hydrogen-bond acceptors (Lipinski definition) is 3. The van der Waals surface area contributed by atoms with Gasteiger partial charge in [-0.15, -0.1) is 0 Å². The Labute approximate surface area is 103 Å². The van der Waals surface area contributed by atoms with Gasteiger partial charge < -0.3 is 5.32 Å². The van der Waals surface area contributed by atoms with Crippen molar-refractivity contribution in [1.82, 2.24) is 10.0 Å². The van der Waals surface area contributed by atoms with Crippen LogP contribution in [0.5, 0.6) is 0 Å². The maximum atomic E-state index is 11.2. The summed E-state index contributed by atoms with van der Waals surface area (Å²) in [7, 11) is -1.69. The summed E-state index contributed by atoms with van der Waals surface area (Å²) in [6, 6.07) is 8.25. The lowest BCUT2D eigenvalue weighted by atomic mass is 10.0. The van der Waals surface area contributed by atoms with E-state index in [4.69, 9.17) is 0 Å². The van der Waals surface area contributed by atoms with Gasteiger partial charge in [0, 0.05) is 12.6 Å². The molecule has 0 radical (unpaired) electrons. The fourth-order valence-electron chi connectivity index (χ4n) is 1.69. The largest absolute Gasteiger partial charge is 0.309 e. The van der Waals surface area contributed by atoms with Crippen molar-refractivity contribution in [3.05, 3.63) is 35.4 Å². The molecular weight excluding hydrogens is 236 g/mol. The normalized spacial score (nSPS) is 13.6. The van der Waals surface area contributed by atoms with Gasteiger partial charge >= 0.3 is 0 Å². The summed E-state index contributed by atoms with van der Waals surface area (Å²) in [6.07, 6.45) is 0. The molecule has 0 heterocycles. The van der Waals surface area contributed by atoms with E-state index in [0.29, 0.717) is 6.54 Å². The maximum Gasteiger partial charge on any atom is 0.212 e. The first-order chi connectivity index (χ1) is 7.96. The maximum absolute atomic E-state index is 11.2. The smallest absolute Gasteiger partial charge is 0.212 e. The highest BCUT2D eigenvalue weighted by atomic mass is 32.2. The summed E-state index contributed by atoms with van der Waals surface area (Å²) < 4.78 is 24.8. The summed E-state index contributed by atoms with van der Waals surface area (Å²) in [5.74, 6) is 0.0969. The average Bonchev–Trinajstić information content (AvgIpc) is 2.29. The molecule has 0 spiro atoms. The minimum Gasteiger partial charge on any atom is -0.309 e. The number of nitrogens with one attached hydrogen (secondary N) is 2. The predicted octanol–water partition coefficient (Wildman–Crippen LogP) is 1.19. The molecule has 1 atom stereocenters. The van der Waals surface area contributed by atoms with Gasteiger partial charge in [-0.2, -0.15) is 0 Å². The molecule has 0 aliphatic heterocycles. The topological polar surface area (TPSA) is 58.2 Å². The third-order valence-electron chi connectivity index (χ3n) is 2.79. The monoisotopic (exact) mass is 256 g/mol. The van der Waals surface area contributed by atoms with Crippen molar-refractivity contribution < 1.29 is 8.42 Å². The minimum atomic E-state index is -3.12. The third-order valence-corrected chi connectivity index (χ3v) is 4.15. The van der Waals surface area contributed by atoms with E-state index in [-0.39, 0.29) is 11.8 Å². The van der Waals surface area contributed by atoms with E-state index in [2.05, 4.69) is 29.1 Å². The first-order valence-electron chi connectivity index (χ1n) is 5.66. The molecule has 1 rings (SSSR count). The van der Waals surface area contributed by atoms with Gasteiger partial charge in [-0.3, -0.25) is 0 Å². The van der Waals surface area contributed by atoms with Crippen LogP contribution in [0.15, 0.2) is 24.3 Å². The van der Waals surface area contributed by atoms with E-state index >= 15 is 0 Å². The molecule has 0 saturated carbocycles. The molecule has 0 aliphatic carbocycles. The number of benzene rings is 1. The van der Waals surface area contributed by atoms with Crippen molar-refractivity contribution in [2.24, 2.45) is 0 Å². The van der Waals surface area contributed by atoms with Crippen LogP contribution in [0.1, 0.15) is 24.1 Å². The fourth-order valence-corrected chi connectivity index (χ4v) is 2.29. The van der Waals surface area contributed by atoms with Gasteiger partial charge in [0.05, 0.1) is 5.75 Å². The Kier molecular flexibility index (Phi) is 5.11. The molecule has 5 heteroatoms. The number of rotatable bonds is 6. The summed E-state index contributed by atoms with van der Waals surface area (Å²) in [5.41, 5.74) is 2.42. The zero-order chi connectivity index (χ0) is 12.9. The van der Waals surface area contributed by atoms with Gasteiger partial charge in [0.15, 0.2) is 0 Å². The van der Waals surface area contributed by atoms with E-state index in [1.54, 1.807) is 0 Å². The van der Waals surface area contributed by atoms with Crippen molar-refractivity contribution in [1.29, 1.82) is 0 Å². The van der Waals surface area contributed by atoms with E-state index in [0.717, 1.165) is 0 Å². The van der Waals surface area contributed by atoms with Crippen molar-refractivity contribution in [2.75, 3.05) is 19.3 Å². The van der Waals surface area contributed by atoms with Crippen molar-refractivity contribution in [3.63, 3.8) is 0 Å². The van der Waals surface area contributed by atoms with E-state index in [1.165, 1.54) is 18.2 Å². The Morgan fingerprint density at radius 3 is 2.53 bits per heavy atom. The first-order valence-corrected chi connectivity index (χ1v) is 7.31. The highest BCUT2D eigenvalue weighted by molar-refractivity contribution is 7.89. The minimum absolute atomic E-state index is 0.0969. The Morgan fingerprint density at radius 1 is 1.29 bits per heavy atom. The van der Waals surface area contributed by atoms with Crippen LogP contribution in [-0.4, -0.2) is 27.8 Å². The molecular formula is C12H20N2O2S. The second kappa shape index (κ2) is 6.14. The van der Waals surface area contributed by atoms with E-state index in [1.807, 2.05) is 19.1 Å². The van der Waals surface area contributed by atoms with Gasteiger partial charge in [0.2, 0.25) is 10.0 Å². The molecule has 0 fully saturated rings. The Bertz CT molecular complexity index is 457. The van der Waals surface area contributed by atoms with Crippen LogP contribution in [0.25, 0.3) is 0 Å². The summed E-state index contributed by atoms with van der Waals surface area (Å²) in [5, 5.41) is 3.21. The highest BCUT2D eigenvalue weighted by Crippen LogP contribution is 2.16. The van der Waals surface area contributed by atoms with Crippen LogP contribution in [0, 0.1) is 6.92 Å². The van der Waals surface area contributed by atoms with Crippen LogP contribution in [0.2, 0.25) is 0 Å². The van der Waals surface area contributed by atoms with Crippen molar-refractivity contribution >= 4 is 10.0 Å². The van der Waals surface area contributed by atoms with Gasteiger partial charge in [0.1, 0.15) is 0 Å². The Hall–Kier alpha value is -0.910. The van der Waals surface area contributed by atoms with Gasteiger partial charge in [-0.25, -0.2) is 13.1 Å². The molecule has 0 saturated heterocycles. The van der Waals surface area contributed by atoms with Crippen LogP contribution < -0.4 is 10.0 Å². The zero-order valence-electron chi connectivity index (χ0n) is 10.5. The molecule has 1 aromatic carbocycles. The summed E-state index contributed by atoms with van der Waals surface area (Å²) >= 11 is 0. The number of hydrogen-bond donors (Lipinski definition) is 2. The highest BCUT2D eigenvalue weighted by Gasteiger charge is 2.10. The fraction of sp³-hybridized carbons (Fsp3) is 0.500. The predicted molar refractivity (Wildman–Crippen MR) is 70.4 cm³/mol. The molecule has 0 aromatic heterocycles. The van der Waals surface area contributed by atoms with E-state index < -0.39 is 10.0 Å². The van der Waals surface area contributed by atoms with Crippen molar-refractivity contribution in [3.8, 4) is 0 Å². The SMILES string of the molecule is CNS(=O)(=O)CCNC(C)c1ccccc1C. The summed E-state index contributed by atoms with van der Waals surface area (Å²) in [4.78, 5) is 0. The molecule has 0 bridgehead atoms. The number of sulfonamides is 1. The quantitative estimate of drug-likeness (QED) is 0.804. The lowest BCUT2D eigenvalue weighted by molar-refractivity contribution is 0.566. The third kappa shape index (κ3) is 4.46. The molecule has 96 valence electrons. The Balaban J connectivity index is 2.51. The molecule has 1 aromatic rings.